The first-order valence-electron chi connectivity index (χ1n) is 6.70. The van der Waals surface area contributed by atoms with E-state index in [1.165, 1.54) is 6.20 Å². The Morgan fingerprint density at radius 1 is 1.23 bits per heavy atom. The highest BCUT2D eigenvalue weighted by atomic mass is 16.4. The summed E-state index contributed by atoms with van der Waals surface area (Å²) in [5.41, 5.74) is 1.71. The number of aryl methyl sites for hydroxylation is 1. The maximum absolute atomic E-state index is 11.8. The lowest BCUT2D eigenvalue weighted by molar-refractivity contribution is -0.115. The number of anilines is 2. The molecule has 1 aromatic carbocycles. The van der Waals surface area contributed by atoms with Crippen LogP contribution >= 0.6 is 0 Å². The Morgan fingerprint density at radius 3 is 2.68 bits per heavy atom. The normalized spacial score (nSPS) is 10.0. The molecule has 2 aromatic rings. The van der Waals surface area contributed by atoms with Crippen LogP contribution in [-0.2, 0) is 4.79 Å². The van der Waals surface area contributed by atoms with Crippen LogP contribution in [0.15, 0.2) is 36.7 Å². The molecule has 0 spiro atoms. The molecular formula is C15H16N4O3. The fourth-order valence-electron chi connectivity index (χ4n) is 1.78. The zero-order chi connectivity index (χ0) is 15.9. The van der Waals surface area contributed by atoms with Crippen LogP contribution in [0.5, 0.6) is 0 Å². The summed E-state index contributed by atoms with van der Waals surface area (Å²) >= 11 is 0. The average molecular weight is 300 g/mol. The second kappa shape index (κ2) is 7.16. The van der Waals surface area contributed by atoms with Crippen molar-refractivity contribution >= 4 is 23.4 Å². The van der Waals surface area contributed by atoms with Gasteiger partial charge >= 0.3 is 5.97 Å². The van der Waals surface area contributed by atoms with Crippen LogP contribution in [0.1, 0.15) is 22.5 Å². The summed E-state index contributed by atoms with van der Waals surface area (Å²) in [5.74, 6) is -0.821. The number of carbonyl (C=O) groups is 2. The molecule has 0 aliphatic heterocycles. The molecule has 1 amide bonds. The second-order valence-corrected chi connectivity index (χ2v) is 4.69. The van der Waals surface area contributed by atoms with Crippen molar-refractivity contribution < 1.29 is 14.7 Å². The van der Waals surface area contributed by atoms with Gasteiger partial charge in [0.1, 0.15) is 5.82 Å². The Morgan fingerprint density at radius 2 is 2.05 bits per heavy atom. The molecule has 0 aliphatic rings. The van der Waals surface area contributed by atoms with Gasteiger partial charge in [-0.2, -0.15) is 0 Å². The second-order valence-electron chi connectivity index (χ2n) is 4.69. The first kappa shape index (κ1) is 15.4. The number of nitrogens with one attached hydrogen (secondary N) is 2. The number of hydrogen-bond acceptors (Lipinski definition) is 5. The van der Waals surface area contributed by atoms with Gasteiger partial charge in [0.25, 0.3) is 0 Å². The quantitative estimate of drug-likeness (QED) is 0.753. The van der Waals surface area contributed by atoms with Crippen LogP contribution in [0, 0.1) is 6.92 Å². The first-order chi connectivity index (χ1) is 10.5. The molecule has 114 valence electrons. The molecular weight excluding hydrogens is 284 g/mol. The molecule has 0 aliphatic carbocycles. The van der Waals surface area contributed by atoms with Gasteiger partial charge < -0.3 is 15.7 Å². The Balaban J connectivity index is 1.78. The van der Waals surface area contributed by atoms with Gasteiger partial charge in [0, 0.05) is 18.7 Å². The van der Waals surface area contributed by atoms with Crippen molar-refractivity contribution in [3.63, 3.8) is 0 Å². The molecule has 0 atom stereocenters. The Labute approximate surface area is 127 Å². The van der Waals surface area contributed by atoms with Crippen LogP contribution < -0.4 is 10.6 Å². The van der Waals surface area contributed by atoms with Gasteiger partial charge in [-0.05, 0) is 24.6 Å². The monoisotopic (exact) mass is 300 g/mol. The van der Waals surface area contributed by atoms with Gasteiger partial charge in [0.15, 0.2) is 5.69 Å². The minimum absolute atomic E-state index is 0.117. The number of benzene rings is 1. The van der Waals surface area contributed by atoms with Crippen LogP contribution in [0.3, 0.4) is 0 Å². The van der Waals surface area contributed by atoms with E-state index in [1.54, 1.807) is 0 Å². The van der Waals surface area contributed by atoms with Gasteiger partial charge in [0.05, 0.1) is 12.4 Å². The van der Waals surface area contributed by atoms with Gasteiger partial charge in [-0.1, -0.05) is 12.1 Å². The third-order valence-electron chi connectivity index (χ3n) is 2.83. The van der Waals surface area contributed by atoms with E-state index >= 15 is 0 Å². The Kier molecular flexibility index (Phi) is 5.02. The predicted octanol–water partition coefficient (Wildman–Crippen LogP) is 1.92. The summed E-state index contributed by atoms with van der Waals surface area (Å²) in [4.78, 5) is 30.1. The average Bonchev–Trinajstić information content (AvgIpc) is 2.47. The summed E-state index contributed by atoms with van der Waals surface area (Å²) in [6.07, 6.45) is 2.75. The molecule has 7 nitrogen and oxygen atoms in total. The highest BCUT2D eigenvalue weighted by Gasteiger charge is 2.06. The number of aromatic nitrogens is 2. The highest BCUT2D eigenvalue weighted by molar-refractivity contribution is 5.91. The summed E-state index contributed by atoms with van der Waals surface area (Å²) in [5, 5.41) is 14.4. The lowest BCUT2D eigenvalue weighted by Gasteiger charge is -2.07. The van der Waals surface area contributed by atoms with Crippen molar-refractivity contribution in [2.24, 2.45) is 0 Å². The largest absolute Gasteiger partial charge is 0.476 e. The SMILES string of the molecule is Cc1cccc(NC(=O)CCNc2cnc(C(=O)O)cn2)c1. The molecule has 1 heterocycles. The lowest BCUT2D eigenvalue weighted by atomic mass is 10.2. The minimum Gasteiger partial charge on any atom is -0.476 e. The number of carbonyl (C=O) groups excluding carboxylic acids is 1. The third-order valence-corrected chi connectivity index (χ3v) is 2.83. The first-order valence-corrected chi connectivity index (χ1v) is 6.70. The fourth-order valence-corrected chi connectivity index (χ4v) is 1.78. The maximum Gasteiger partial charge on any atom is 0.356 e. The van der Waals surface area contributed by atoms with Crippen molar-refractivity contribution in [3.8, 4) is 0 Å². The molecule has 7 heteroatoms. The number of hydrogen-bond donors (Lipinski definition) is 3. The van der Waals surface area contributed by atoms with E-state index < -0.39 is 5.97 Å². The molecule has 22 heavy (non-hydrogen) atoms. The topological polar surface area (TPSA) is 104 Å². The van der Waals surface area contributed by atoms with E-state index in [0.717, 1.165) is 17.4 Å². The minimum atomic E-state index is -1.13. The molecule has 0 unspecified atom stereocenters. The number of nitrogens with zero attached hydrogens (tertiary/aromatic N) is 2. The predicted molar refractivity (Wildman–Crippen MR) is 81.9 cm³/mol. The van der Waals surface area contributed by atoms with Crippen LogP contribution in [0.25, 0.3) is 0 Å². The number of aromatic carboxylic acids is 1. The van der Waals surface area contributed by atoms with Gasteiger partial charge in [0.2, 0.25) is 5.91 Å². The van der Waals surface area contributed by atoms with E-state index in [9.17, 15) is 9.59 Å². The summed E-state index contributed by atoms with van der Waals surface area (Å²) in [6.45, 7) is 2.33. The van der Waals surface area contributed by atoms with E-state index in [-0.39, 0.29) is 18.0 Å². The summed E-state index contributed by atoms with van der Waals surface area (Å²) < 4.78 is 0. The zero-order valence-corrected chi connectivity index (χ0v) is 12.0. The molecule has 3 N–H and O–H groups in total. The van der Waals surface area contributed by atoms with Gasteiger partial charge in [-0.25, -0.2) is 14.8 Å². The Hall–Kier alpha value is -2.96. The smallest absolute Gasteiger partial charge is 0.356 e. The van der Waals surface area contributed by atoms with E-state index in [0.29, 0.717) is 12.4 Å². The van der Waals surface area contributed by atoms with E-state index in [1.807, 2.05) is 31.2 Å². The van der Waals surface area contributed by atoms with Crippen molar-refractivity contribution in [1.29, 1.82) is 0 Å². The molecule has 2 rings (SSSR count). The lowest BCUT2D eigenvalue weighted by Crippen LogP contribution is -2.16. The van der Waals surface area contributed by atoms with Crippen LogP contribution in [0.2, 0.25) is 0 Å². The van der Waals surface area contributed by atoms with Crippen LogP contribution in [0.4, 0.5) is 11.5 Å². The number of rotatable bonds is 6. The van der Waals surface area contributed by atoms with Gasteiger partial charge in [-0.3, -0.25) is 4.79 Å². The molecule has 0 bridgehead atoms. The number of amides is 1. The molecule has 0 fully saturated rings. The number of carboxylic acids is 1. The molecule has 0 saturated carbocycles. The van der Waals surface area contributed by atoms with Crippen molar-refractivity contribution in [2.45, 2.75) is 13.3 Å². The van der Waals surface area contributed by atoms with Crippen molar-refractivity contribution in [2.75, 3.05) is 17.2 Å². The zero-order valence-electron chi connectivity index (χ0n) is 12.0. The maximum atomic E-state index is 11.8. The molecule has 0 saturated heterocycles. The van der Waals surface area contributed by atoms with Crippen LogP contribution in [-0.4, -0.2) is 33.5 Å². The highest BCUT2D eigenvalue weighted by Crippen LogP contribution is 2.09. The summed E-state index contributed by atoms with van der Waals surface area (Å²) in [6, 6.07) is 7.55. The van der Waals surface area contributed by atoms with E-state index in [2.05, 4.69) is 20.6 Å². The fraction of sp³-hybridized carbons (Fsp3) is 0.200. The molecule has 0 radical (unpaired) electrons. The third kappa shape index (κ3) is 4.55. The van der Waals surface area contributed by atoms with Gasteiger partial charge in [-0.15, -0.1) is 0 Å². The summed E-state index contributed by atoms with van der Waals surface area (Å²) in [7, 11) is 0. The van der Waals surface area contributed by atoms with Crippen molar-refractivity contribution in [3.05, 3.63) is 47.9 Å². The standard InChI is InChI=1S/C15H16N4O3/c1-10-3-2-4-11(7-10)19-14(20)5-6-16-13-9-17-12(8-18-13)15(21)22/h2-4,7-9H,5-6H2,1H3,(H,16,18)(H,19,20)(H,21,22). The Bertz CT molecular complexity index is 671. The number of carboxylic acid groups (broad SMARTS) is 1. The van der Waals surface area contributed by atoms with Crippen molar-refractivity contribution in [1.82, 2.24) is 9.97 Å². The molecule has 1 aromatic heterocycles. The van der Waals surface area contributed by atoms with E-state index in [4.69, 9.17) is 5.11 Å².